The van der Waals surface area contributed by atoms with Crippen molar-refractivity contribution in [2.45, 2.75) is 19.8 Å². The van der Waals surface area contributed by atoms with Gasteiger partial charge in [-0.25, -0.2) is 4.98 Å². The maximum atomic E-state index is 6.17. The molecule has 0 aliphatic carbocycles. The van der Waals surface area contributed by atoms with Crippen LogP contribution in [0.25, 0.3) is 16.7 Å². The number of para-hydroxylation sites is 2. The molecular formula is C17H19N3O. The van der Waals surface area contributed by atoms with Crippen LogP contribution in [0.4, 0.5) is 5.95 Å². The van der Waals surface area contributed by atoms with E-state index < -0.39 is 0 Å². The molecule has 21 heavy (non-hydrogen) atoms. The van der Waals surface area contributed by atoms with E-state index in [0.717, 1.165) is 22.5 Å². The number of nitrogen functional groups attached to an aromatic ring is 1. The number of hydrogen-bond donors (Lipinski definition) is 1. The zero-order valence-electron chi connectivity index (χ0n) is 12.5. The van der Waals surface area contributed by atoms with Gasteiger partial charge in [0.05, 0.1) is 18.3 Å². The average Bonchev–Trinajstić information content (AvgIpc) is 2.82. The summed E-state index contributed by atoms with van der Waals surface area (Å²) in [6.07, 6.45) is 0. The molecule has 0 bridgehead atoms. The lowest BCUT2D eigenvalue weighted by molar-refractivity contribution is 0.419. The van der Waals surface area contributed by atoms with Gasteiger partial charge in [-0.1, -0.05) is 38.1 Å². The quantitative estimate of drug-likeness (QED) is 0.795. The molecule has 0 fully saturated rings. The summed E-state index contributed by atoms with van der Waals surface area (Å²) in [6.45, 7) is 4.35. The van der Waals surface area contributed by atoms with Crippen LogP contribution in [-0.4, -0.2) is 16.7 Å². The van der Waals surface area contributed by atoms with Gasteiger partial charge in [0.25, 0.3) is 0 Å². The molecule has 1 aromatic heterocycles. The first-order valence-corrected chi connectivity index (χ1v) is 7.03. The van der Waals surface area contributed by atoms with Crippen LogP contribution in [-0.2, 0) is 0 Å². The molecular weight excluding hydrogens is 262 g/mol. The van der Waals surface area contributed by atoms with Crippen LogP contribution in [0, 0.1) is 0 Å². The molecule has 1 heterocycles. The third-order valence-electron chi connectivity index (χ3n) is 3.69. The smallest absolute Gasteiger partial charge is 0.206 e. The summed E-state index contributed by atoms with van der Waals surface area (Å²) < 4.78 is 7.37. The highest BCUT2D eigenvalue weighted by atomic mass is 16.5. The Morgan fingerprint density at radius 1 is 1.10 bits per heavy atom. The molecule has 108 valence electrons. The normalized spacial score (nSPS) is 11.2. The van der Waals surface area contributed by atoms with Crippen molar-refractivity contribution in [2.75, 3.05) is 12.8 Å². The third kappa shape index (κ3) is 2.13. The maximum absolute atomic E-state index is 6.17. The largest absolute Gasteiger partial charge is 0.494 e. The molecule has 2 aromatic carbocycles. The Labute approximate surface area is 124 Å². The molecule has 0 aliphatic rings. The summed E-state index contributed by atoms with van der Waals surface area (Å²) in [4.78, 5) is 4.48. The molecule has 0 saturated carbocycles. The number of methoxy groups -OCH3 is 1. The van der Waals surface area contributed by atoms with Crippen molar-refractivity contribution < 1.29 is 4.74 Å². The van der Waals surface area contributed by atoms with Crippen LogP contribution in [0.5, 0.6) is 5.75 Å². The summed E-state index contributed by atoms with van der Waals surface area (Å²) in [7, 11) is 1.64. The number of nitrogens with two attached hydrogens (primary N) is 1. The van der Waals surface area contributed by atoms with E-state index in [9.17, 15) is 0 Å². The summed E-state index contributed by atoms with van der Waals surface area (Å²) in [5.41, 5.74) is 10.2. The molecule has 0 amide bonds. The fourth-order valence-corrected chi connectivity index (χ4v) is 2.69. The second-order valence-electron chi connectivity index (χ2n) is 5.35. The van der Waals surface area contributed by atoms with E-state index in [-0.39, 0.29) is 0 Å². The average molecular weight is 281 g/mol. The predicted octanol–water partition coefficient (Wildman–Crippen LogP) is 3.74. The van der Waals surface area contributed by atoms with E-state index in [4.69, 9.17) is 10.5 Å². The monoisotopic (exact) mass is 281 g/mol. The van der Waals surface area contributed by atoms with E-state index in [2.05, 4.69) is 37.0 Å². The highest BCUT2D eigenvalue weighted by Gasteiger charge is 2.16. The number of imidazole rings is 1. The minimum Gasteiger partial charge on any atom is -0.494 e. The highest BCUT2D eigenvalue weighted by molar-refractivity contribution is 5.86. The van der Waals surface area contributed by atoms with Crippen LogP contribution in [0.3, 0.4) is 0 Å². The number of ether oxygens (including phenoxy) is 1. The lowest BCUT2D eigenvalue weighted by Gasteiger charge is -2.15. The van der Waals surface area contributed by atoms with Crippen LogP contribution >= 0.6 is 0 Å². The third-order valence-corrected chi connectivity index (χ3v) is 3.69. The molecule has 3 rings (SSSR count). The van der Waals surface area contributed by atoms with E-state index >= 15 is 0 Å². The van der Waals surface area contributed by atoms with Crippen molar-refractivity contribution in [3.63, 3.8) is 0 Å². The molecule has 0 unspecified atom stereocenters. The number of nitrogens with zero attached hydrogens (tertiary/aromatic N) is 2. The maximum Gasteiger partial charge on any atom is 0.206 e. The van der Waals surface area contributed by atoms with Gasteiger partial charge in [-0.3, -0.25) is 4.57 Å². The molecule has 3 aromatic rings. The van der Waals surface area contributed by atoms with Gasteiger partial charge in [0.15, 0.2) is 0 Å². The van der Waals surface area contributed by atoms with Gasteiger partial charge in [0.1, 0.15) is 11.3 Å². The number of aromatic nitrogens is 2. The zero-order valence-corrected chi connectivity index (χ0v) is 12.5. The van der Waals surface area contributed by atoms with Gasteiger partial charge in [0.2, 0.25) is 5.95 Å². The second-order valence-corrected chi connectivity index (χ2v) is 5.35. The molecule has 0 saturated heterocycles. The van der Waals surface area contributed by atoms with E-state index in [1.54, 1.807) is 7.11 Å². The Kier molecular flexibility index (Phi) is 3.29. The second kappa shape index (κ2) is 5.13. The zero-order chi connectivity index (χ0) is 15.0. The van der Waals surface area contributed by atoms with Crippen molar-refractivity contribution in [3.05, 3.63) is 48.0 Å². The fraction of sp³-hybridized carbons (Fsp3) is 0.235. The Balaban J connectivity index is 2.34. The standard InChI is InChI=1S/C17H19N3O/c1-11(2)12-7-4-5-8-13(12)20-14-9-6-10-15(21-3)16(14)19-17(20)18/h4-11H,1-3H3,(H2,18,19). The number of anilines is 1. The van der Waals surface area contributed by atoms with Gasteiger partial charge >= 0.3 is 0 Å². The van der Waals surface area contributed by atoms with Gasteiger partial charge in [-0.05, 0) is 29.7 Å². The van der Waals surface area contributed by atoms with Crippen LogP contribution in [0.2, 0.25) is 0 Å². The SMILES string of the molecule is COc1cccc2c1nc(N)n2-c1ccccc1C(C)C. The Hall–Kier alpha value is -2.49. The van der Waals surface area contributed by atoms with Gasteiger partial charge in [0, 0.05) is 0 Å². The molecule has 0 aliphatic heterocycles. The summed E-state index contributed by atoms with van der Waals surface area (Å²) >= 11 is 0. The van der Waals surface area contributed by atoms with Gasteiger partial charge in [-0.2, -0.15) is 0 Å². The predicted molar refractivity (Wildman–Crippen MR) is 86.1 cm³/mol. The number of benzene rings is 2. The molecule has 4 nitrogen and oxygen atoms in total. The van der Waals surface area contributed by atoms with Crippen LogP contribution < -0.4 is 10.5 Å². The lowest BCUT2D eigenvalue weighted by Crippen LogP contribution is -2.04. The highest BCUT2D eigenvalue weighted by Crippen LogP contribution is 2.32. The van der Waals surface area contributed by atoms with E-state index in [0.29, 0.717) is 11.9 Å². The summed E-state index contributed by atoms with van der Waals surface area (Å²) in [5, 5.41) is 0. The van der Waals surface area contributed by atoms with Crippen LogP contribution in [0.15, 0.2) is 42.5 Å². The molecule has 0 radical (unpaired) electrons. The Bertz CT molecular complexity index is 790. The Morgan fingerprint density at radius 2 is 1.86 bits per heavy atom. The van der Waals surface area contributed by atoms with Gasteiger partial charge < -0.3 is 10.5 Å². The number of fused-ring (bicyclic) bond motifs is 1. The molecule has 2 N–H and O–H groups in total. The molecule has 0 atom stereocenters. The first kappa shape index (κ1) is 13.5. The van der Waals surface area contributed by atoms with E-state index in [1.807, 2.05) is 28.8 Å². The summed E-state index contributed by atoms with van der Waals surface area (Å²) in [6, 6.07) is 14.1. The Morgan fingerprint density at radius 3 is 2.57 bits per heavy atom. The van der Waals surface area contributed by atoms with Crippen molar-refractivity contribution in [3.8, 4) is 11.4 Å². The van der Waals surface area contributed by atoms with Crippen molar-refractivity contribution in [2.24, 2.45) is 0 Å². The lowest BCUT2D eigenvalue weighted by atomic mass is 10.0. The van der Waals surface area contributed by atoms with E-state index in [1.165, 1.54) is 5.56 Å². The minimum atomic E-state index is 0.406. The first-order valence-electron chi connectivity index (χ1n) is 7.03. The fourth-order valence-electron chi connectivity index (χ4n) is 2.69. The minimum absolute atomic E-state index is 0.406. The number of rotatable bonds is 3. The van der Waals surface area contributed by atoms with Gasteiger partial charge in [-0.15, -0.1) is 0 Å². The van der Waals surface area contributed by atoms with Crippen molar-refractivity contribution in [1.82, 2.24) is 9.55 Å². The van der Waals surface area contributed by atoms with Crippen molar-refractivity contribution >= 4 is 17.0 Å². The molecule has 0 spiro atoms. The number of hydrogen-bond acceptors (Lipinski definition) is 3. The first-order chi connectivity index (χ1) is 10.1. The summed E-state index contributed by atoms with van der Waals surface area (Å²) in [5.74, 6) is 1.62. The van der Waals surface area contributed by atoms with Crippen molar-refractivity contribution in [1.29, 1.82) is 0 Å². The topological polar surface area (TPSA) is 53.1 Å². The molecule has 4 heteroatoms. The van der Waals surface area contributed by atoms with Crippen LogP contribution in [0.1, 0.15) is 25.3 Å².